The molecule has 0 spiro atoms. The van der Waals surface area contributed by atoms with Crippen molar-refractivity contribution in [1.29, 1.82) is 0 Å². The second kappa shape index (κ2) is 7.44. The van der Waals surface area contributed by atoms with Crippen LogP contribution in [-0.4, -0.2) is 10.9 Å². The highest BCUT2D eigenvalue weighted by Crippen LogP contribution is 2.32. The topological polar surface area (TPSA) is 33.2 Å². The predicted molar refractivity (Wildman–Crippen MR) is 103 cm³/mol. The van der Waals surface area contributed by atoms with Gasteiger partial charge in [-0.25, -0.2) is 18.2 Å². The van der Waals surface area contributed by atoms with Crippen LogP contribution in [0.5, 0.6) is 0 Å². The summed E-state index contributed by atoms with van der Waals surface area (Å²) in [7, 11) is 0. The van der Waals surface area contributed by atoms with Gasteiger partial charge in [-0.15, -0.1) is 0 Å². The lowest BCUT2D eigenvalue weighted by Gasteiger charge is -2.20. The van der Waals surface area contributed by atoms with Crippen LogP contribution in [0.15, 0.2) is 66.7 Å². The van der Waals surface area contributed by atoms with Crippen molar-refractivity contribution in [2.24, 2.45) is 0 Å². The quantitative estimate of drug-likeness (QED) is 0.451. The lowest BCUT2D eigenvalue weighted by molar-refractivity contribution is 0.0984. The third-order valence-electron chi connectivity index (χ3n) is 4.13. The Labute approximate surface area is 162 Å². The molecule has 0 aliphatic heterocycles. The van der Waals surface area contributed by atoms with E-state index in [-0.39, 0.29) is 27.5 Å². The largest absolute Gasteiger partial charge is 0.279 e. The molecule has 0 saturated heterocycles. The van der Waals surface area contributed by atoms with Crippen molar-refractivity contribution in [2.45, 2.75) is 6.54 Å². The smallest absolute Gasteiger partial charge is 0.260 e. The molecule has 4 aromatic rings. The van der Waals surface area contributed by atoms with Crippen LogP contribution in [0.25, 0.3) is 10.2 Å². The van der Waals surface area contributed by atoms with Crippen molar-refractivity contribution in [1.82, 2.24) is 4.98 Å². The number of benzene rings is 3. The average molecular weight is 398 g/mol. The molecule has 0 aliphatic rings. The zero-order chi connectivity index (χ0) is 19.7. The van der Waals surface area contributed by atoms with Gasteiger partial charge >= 0.3 is 0 Å². The van der Waals surface area contributed by atoms with E-state index >= 15 is 0 Å². The number of aromatic nitrogens is 1. The van der Waals surface area contributed by atoms with Gasteiger partial charge < -0.3 is 0 Å². The van der Waals surface area contributed by atoms with Crippen molar-refractivity contribution in [2.75, 3.05) is 4.90 Å². The molecular formula is C21H13F3N2OS. The van der Waals surface area contributed by atoms with Gasteiger partial charge in [0.05, 0.1) is 11.2 Å². The summed E-state index contributed by atoms with van der Waals surface area (Å²) in [5, 5.41) is 0.206. The third-order valence-corrected chi connectivity index (χ3v) is 5.16. The van der Waals surface area contributed by atoms with Gasteiger partial charge in [0.15, 0.2) is 10.9 Å². The number of hydrogen-bond acceptors (Lipinski definition) is 3. The first-order chi connectivity index (χ1) is 13.5. The first-order valence-corrected chi connectivity index (χ1v) is 9.20. The zero-order valence-corrected chi connectivity index (χ0v) is 15.2. The number of hydrogen-bond donors (Lipinski definition) is 0. The summed E-state index contributed by atoms with van der Waals surface area (Å²) in [6.45, 7) is 0.153. The molecule has 3 nitrogen and oxygen atoms in total. The lowest BCUT2D eigenvalue weighted by atomic mass is 10.1. The van der Waals surface area contributed by atoms with Crippen LogP contribution < -0.4 is 4.90 Å². The maximum absolute atomic E-state index is 14.1. The normalized spacial score (nSPS) is 11.0. The fourth-order valence-electron chi connectivity index (χ4n) is 2.83. The molecular weight excluding hydrogens is 385 g/mol. The lowest BCUT2D eigenvalue weighted by Crippen LogP contribution is -2.30. The standard InChI is InChI=1S/C21H13F3N2OS/c22-15-8-4-7-14(9-15)20(27)26(12-13-5-2-1-3-6-13)21-25-19-17(24)10-16(23)11-18(19)28-21/h1-11H,12H2. The van der Waals surface area contributed by atoms with Crippen LogP contribution in [0.1, 0.15) is 15.9 Å². The molecule has 1 heterocycles. The average Bonchev–Trinajstić information content (AvgIpc) is 3.10. The fourth-order valence-corrected chi connectivity index (χ4v) is 3.83. The highest BCUT2D eigenvalue weighted by Gasteiger charge is 2.23. The minimum atomic E-state index is -0.796. The molecule has 0 N–H and O–H groups in total. The van der Waals surface area contributed by atoms with E-state index in [1.807, 2.05) is 30.3 Å². The molecule has 0 aliphatic carbocycles. The molecule has 1 amide bonds. The van der Waals surface area contributed by atoms with E-state index in [0.29, 0.717) is 0 Å². The van der Waals surface area contributed by atoms with Crippen molar-refractivity contribution < 1.29 is 18.0 Å². The molecule has 0 unspecified atom stereocenters. The number of carbonyl (C=O) groups excluding carboxylic acids is 1. The second-order valence-electron chi connectivity index (χ2n) is 6.12. The van der Waals surface area contributed by atoms with Crippen molar-refractivity contribution >= 4 is 32.6 Å². The Morgan fingerprint density at radius 1 is 0.929 bits per heavy atom. The molecule has 0 fully saturated rings. The molecule has 0 atom stereocenters. The number of anilines is 1. The first-order valence-electron chi connectivity index (χ1n) is 8.38. The number of halogens is 3. The Morgan fingerprint density at radius 2 is 1.71 bits per heavy atom. The van der Waals surface area contributed by atoms with Crippen molar-refractivity contribution in [3.63, 3.8) is 0 Å². The van der Waals surface area contributed by atoms with E-state index in [1.165, 1.54) is 29.2 Å². The Morgan fingerprint density at radius 3 is 2.46 bits per heavy atom. The van der Waals surface area contributed by atoms with Gasteiger partial charge in [0, 0.05) is 11.6 Å². The van der Waals surface area contributed by atoms with Gasteiger partial charge in [0.2, 0.25) is 0 Å². The number of carbonyl (C=O) groups is 1. The highest BCUT2D eigenvalue weighted by molar-refractivity contribution is 7.22. The number of amides is 1. The van der Waals surface area contributed by atoms with Crippen LogP contribution >= 0.6 is 11.3 Å². The number of fused-ring (bicyclic) bond motifs is 1. The SMILES string of the molecule is O=C(c1cccc(F)c1)N(Cc1ccccc1)c1nc2c(F)cc(F)cc2s1. The summed E-state index contributed by atoms with van der Waals surface area (Å²) in [4.78, 5) is 18.6. The number of nitrogens with zero attached hydrogens (tertiary/aromatic N) is 2. The first kappa shape index (κ1) is 18.2. The molecule has 7 heteroatoms. The monoisotopic (exact) mass is 398 g/mol. The van der Waals surface area contributed by atoms with E-state index in [9.17, 15) is 18.0 Å². The van der Waals surface area contributed by atoms with E-state index in [1.54, 1.807) is 0 Å². The minimum absolute atomic E-state index is 0.00787. The van der Waals surface area contributed by atoms with Crippen LogP contribution in [-0.2, 0) is 6.54 Å². The van der Waals surface area contributed by atoms with Crippen LogP contribution in [0.2, 0.25) is 0 Å². The van der Waals surface area contributed by atoms with E-state index in [0.717, 1.165) is 29.0 Å². The minimum Gasteiger partial charge on any atom is -0.279 e. The maximum Gasteiger partial charge on any atom is 0.260 e. The van der Waals surface area contributed by atoms with Crippen LogP contribution in [0.3, 0.4) is 0 Å². The molecule has 1 aromatic heterocycles. The molecule has 4 rings (SSSR count). The Kier molecular flexibility index (Phi) is 4.83. The molecule has 140 valence electrons. The summed E-state index contributed by atoms with van der Waals surface area (Å²) in [5.41, 5.74) is 0.950. The van der Waals surface area contributed by atoms with Gasteiger partial charge in [-0.05, 0) is 29.8 Å². The Balaban J connectivity index is 1.80. The van der Waals surface area contributed by atoms with Gasteiger partial charge in [0.25, 0.3) is 5.91 Å². The van der Waals surface area contributed by atoms with Crippen LogP contribution in [0, 0.1) is 17.5 Å². The molecule has 0 saturated carbocycles. The maximum atomic E-state index is 14.1. The molecule has 0 radical (unpaired) electrons. The Bertz CT molecular complexity index is 1160. The summed E-state index contributed by atoms with van der Waals surface area (Å²) in [6.07, 6.45) is 0. The number of thiazole rings is 1. The summed E-state index contributed by atoms with van der Waals surface area (Å²) >= 11 is 1.00. The fraction of sp³-hybridized carbons (Fsp3) is 0.0476. The van der Waals surface area contributed by atoms with E-state index < -0.39 is 23.4 Å². The van der Waals surface area contributed by atoms with Crippen LogP contribution in [0.4, 0.5) is 18.3 Å². The molecule has 0 bridgehead atoms. The number of rotatable bonds is 4. The van der Waals surface area contributed by atoms with Gasteiger partial charge in [-0.3, -0.25) is 9.69 Å². The van der Waals surface area contributed by atoms with Gasteiger partial charge in [-0.1, -0.05) is 47.7 Å². The molecule has 28 heavy (non-hydrogen) atoms. The predicted octanol–water partition coefficient (Wildman–Crippen LogP) is 5.56. The van der Waals surface area contributed by atoms with E-state index in [4.69, 9.17) is 0 Å². The van der Waals surface area contributed by atoms with Gasteiger partial charge in [-0.2, -0.15) is 0 Å². The summed E-state index contributed by atoms with van der Waals surface area (Å²) in [6, 6.07) is 16.4. The molecule has 3 aromatic carbocycles. The second-order valence-corrected chi connectivity index (χ2v) is 7.13. The summed E-state index contributed by atoms with van der Waals surface area (Å²) in [5.74, 6) is -2.53. The highest BCUT2D eigenvalue weighted by atomic mass is 32.1. The Hall–Kier alpha value is -3.19. The van der Waals surface area contributed by atoms with Gasteiger partial charge in [0.1, 0.15) is 17.2 Å². The third kappa shape index (κ3) is 3.61. The zero-order valence-electron chi connectivity index (χ0n) is 14.4. The summed E-state index contributed by atoms with van der Waals surface area (Å²) < 4.78 is 41.5. The van der Waals surface area contributed by atoms with Crippen molar-refractivity contribution in [3.8, 4) is 0 Å². The van der Waals surface area contributed by atoms with Crippen molar-refractivity contribution in [3.05, 3.63) is 95.3 Å². The van der Waals surface area contributed by atoms with E-state index in [2.05, 4.69) is 4.98 Å².